The van der Waals surface area contributed by atoms with E-state index in [2.05, 4.69) is 6.07 Å². The van der Waals surface area contributed by atoms with Crippen molar-refractivity contribution in [1.29, 1.82) is 5.26 Å². The van der Waals surface area contributed by atoms with Gasteiger partial charge in [0.25, 0.3) is 0 Å². The molecule has 1 aromatic rings. The summed E-state index contributed by atoms with van der Waals surface area (Å²) >= 11 is 0. The van der Waals surface area contributed by atoms with E-state index in [4.69, 9.17) is 5.11 Å². The van der Waals surface area contributed by atoms with Crippen molar-refractivity contribution in [3.05, 3.63) is 35.9 Å². The molecule has 1 atom stereocenters. The van der Waals surface area contributed by atoms with Gasteiger partial charge in [0.2, 0.25) is 0 Å². The summed E-state index contributed by atoms with van der Waals surface area (Å²) in [6.07, 6.45) is 0.954. The third-order valence-corrected chi connectivity index (χ3v) is 2.73. The summed E-state index contributed by atoms with van der Waals surface area (Å²) in [5.41, 5.74) is 0.916. The van der Waals surface area contributed by atoms with Crippen molar-refractivity contribution in [2.45, 2.75) is 25.8 Å². The second-order valence-electron chi connectivity index (χ2n) is 4.12. The standard InChI is InChI=1S/C14H18N2O2/c1-2-9-16(10-8-14(17)18)13(11-15)12-6-4-3-5-7-12/h3-7,13H,2,8-10H2,1H3,(H,17,18). The van der Waals surface area contributed by atoms with Crippen molar-refractivity contribution in [3.63, 3.8) is 0 Å². The van der Waals surface area contributed by atoms with Gasteiger partial charge < -0.3 is 5.11 Å². The Labute approximate surface area is 107 Å². The maximum Gasteiger partial charge on any atom is 0.304 e. The van der Waals surface area contributed by atoms with Crippen molar-refractivity contribution in [3.8, 4) is 6.07 Å². The number of carbonyl (C=O) groups is 1. The predicted octanol–water partition coefficient (Wildman–Crippen LogP) is 2.44. The molecule has 0 heterocycles. The lowest BCUT2D eigenvalue weighted by atomic mass is 10.1. The molecule has 1 aromatic carbocycles. The molecule has 0 aromatic heterocycles. The maximum atomic E-state index is 10.6. The largest absolute Gasteiger partial charge is 0.481 e. The molecular formula is C14H18N2O2. The first kappa shape index (κ1) is 14.2. The van der Waals surface area contributed by atoms with Gasteiger partial charge in [-0.05, 0) is 18.5 Å². The summed E-state index contributed by atoms with van der Waals surface area (Å²) in [6, 6.07) is 11.4. The van der Waals surface area contributed by atoms with Gasteiger partial charge in [-0.2, -0.15) is 5.26 Å². The molecule has 1 N–H and O–H groups in total. The van der Waals surface area contributed by atoms with E-state index in [0.717, 1.165) is 18.5 Å². The second-order valence-corrected chi connectivity index (χ2v) is 4.12. The van der Waals surface area contributed by atoms with E-state index in [1.807, 2.05) is 42.2 Å². The molecule has 0 saturated carbocycles. The Morgan fingerprint density at radius 1 is 1.39 bits per heavy atom. The number of nitriles is 1. The number of carboxylic acid groups (broad SMARTS) is 1. The predicted molar refractivity (Wildman–Crippen MR) is 68.9 cm³/mol. The van der Waals surface area contributed by atoms with Crippen molar-refractivity contribution < 1.29 is 9.90 Å². The molecule has 0 radical (unpaired) electrons. The molecule has 96 valence electrons. The molecule has 4 nitrogen and oxygen atoms in total. The monoisotopic (exact) mass is 246 g/mol. The lowest BCUT2D eigenvalue weighted by molar-refractivity contribution is -0.137. The Bertz CT molecular complexity index is 412. The molecule has 0 aliphatic rings. The van der Waals surface area contributed by atoms with Crippen LogP contribution in [-0.4, -0.2) is 29.1 Å². The highest BCUT2D eigenvalue weighted by atomic mass is 16.4. The fraction of sp³-hybridized carbons (Fsp3) is 0.429. The van der Waals surface area contributed by atoms with E-state index in [1.165, 1.54) is 0 Å². The summed E-state index contributed by atoms with van der Waals surface area (Å²) in [5, 5.41) is 18.0. The van der Waals surface area contributed by atoms with E-state index in [0.29, 0.717) is 6.54 Å². The SMILES string of the molecule is CCCN(CCC(=O)O)C(C#N)c1ccccc1. The summed E-state index contributed by atoms with van der Waals surface area (Å²) < 4.78 is 0. The number of rotatable bonds is 7. The average Bonchev–Trinajstić information content (AvgIpc) is 2.38. The van der Waals surface area contributed by atoms with Crippen LogP contribution in [0.4, 0.5) is 0 Å². The molecule has 0 spiro atoms. The molecule has 0 aliphatic heterocycles. The van der Waals surface area contributed by atoms with Crippen LogP contribution in [-0.2, 0) is 4.79 Å². The van der Waals surface area contributed by atoms with E-state index in [1.54, 1.807) is 0 Å². The number of carboxylic acids is 1. The first-order valence-electron chi connectivity index (χ1n) is 6.09. The van der Waals surface area contributed by atoms with E-state index in [9.17, 15) is 10.1 Å². The Morgan fingerprint density at radius 3 is 2.56 bits per heavy atom. The zero-order valence-electron chi connectivity index (χ0n) is 10.5. The molecular weight excluding hydrogens is 228 g/mol. The molecule has 4 heteroatoms. The van der Waals surface area contributed by atoms with Crippen LogP contribution in [0.1, 0.15) is 31.4 Å². The minimum atomic E-state index is -0.833. The van der Waals surface area contributed by atoms with E-state index >= 15 is 0 Å². The van der Waals surface area contributed by atoms with Crippen molar-refractivity contribution in [2.24, 2.45) is 0 Å². The second kappa shape index (κ2) is 7.46. The van der Waals surface area contributed by atoms with Gasteiger partial charge in [0.1, 0.15) is 6.04 Å². The van der Waals surface area contributed by atoms with Crippen LogP contribution in [0, 0.1) is 11.3 Å². The van der Waals surface area contributed by atoms with Crippen LogP contribution in [0.3, 0.4) is 0 Å². The third-order valence-electron chi connectivity index (χ3n) is 2.73. The van der Waals surface area contributed by atoms with Crippen molar-refractivity contribution in [2.75, 3.05) is 13.1 Å². The molecule has 0 aliphatic carbocycles. The van der Waals surface area contributed by atoms with Crippen LogP contribution in [0.15, 0.2) is 30.3 Å². The van der Waals surface area contributed by atoms with Gasteiger partial charge in [0.15, 0.2) is 0 Å². The van der Waals surface area contributed by atoms with Crippen LogP contribution in [0.5, 0.6) is 0 Å². The molecule has 0 fully saturated rings. The van der Waals surface area contributed by atoms with E-state index in [-0.39, 0.29) is 12.5 Å². The number of nitrogens with zero attached hydrogens (tertiary/aromatic N) is 2. The first-order chi connectivity index (χ1) is 8.69. The van der Waals surface area contributed by atoms with Crippen molar-refractivity contribution in [1.82, 2.24) is 4.90 Å². The van der Waals surface area contributed by atoms with Gasteiger partial charge in [-0.15, -0.1) is 0 Å². The highest BCUT2D eigenvalue weighted by molar-refractivity contribution is 5.66. The molecule has 0 amide bonds. The van der Waals surface area contributed by atoms with Gasteiger partial charge in [0.05, 0.1) is 12.5 Å². The zero-order chi connectivity index (χ0) is 13.4. The fourth-order valence-electron chi connectivity index (χ4n) is 1.90. The Morgan fingerprint density at radius 2 is 2.06 bits per heavy atom. The lowest BCUT2D eigenvalue weighted by Gasteiger charge is -2.26. The Hall–Kier alpha value is -1.86. The number of hydrogen-bond donors (Lipinski definition) is 1. The number of aliphatic carboxylic acids is 1. The minimum Gasteiger partial charge on any atom is -0.481 e. The highest BCUT2D eigenvalue weighted by Gasteiger charge is 2.19. The smallest absolute Gasteiger partial charge is 0.304 e. The third kappa shape index (κ3) is 4.19. The topological polar surface area (TPSA) is 64.3 Å². The molecule has 0 saturated heterocycles. The van der Waals surface area contributed by atoms with Crippen LogP contribution < -0.4 is 0 Å². The summed E-state index contributed by atoms with van der Waals surface area (Å²) in [7, 11) is 0. The Balaban J connectivity index is 2.81. The summed E-state index contributed by atoms with van der Waals surface area (Å²) in [5.74, 6) is -0.833. The number of benzene rings is 1. The molecule has 0 bridgehead atoms. The number of hydrogen-bond acceptors (Lipinski definition) is 3. The maximum absolute atomic E-state index is 10.6. The Kier molecular flexibility index (Phi) is 5.89. The lowest BCUT2D eigenvalue weighted by Crippen LogP contribution is -2.31. The summed E-state index contributed by atoms with van der Waals surface area (Å²) in [4.78, 5) is 12.6. The molecule has 1 unspecified atom stereocenters. The highest BCUT2D eigenvalue weighted by Crippen LogP contribution is 2.20. The van der Waals surface area contributed by atoms with Crippen molar-refractivity contribution >= 4 is 5.97 Å². The van der Waals surface area contributed by atoms with Crippen LogP contribution in [0.25, 0.3) is 0 Å². The van der Waals surface area contributed by atoms with Gasteiger partial charge in [0, 0.05) is 6.54 Å². The minimum absolute atomic E-state index is 0.0605. The average molecular weight is 246 g/mol. The normalized spacial score (nSPS) is 12.1. The van der Waals surface area contributed by atoms with Gasteiger partial charge in [-0.25, -0.2) is 0 Å². The van der Waals surface area contributed by atoms with Gasteiger partial charge in [-0.1, -0.05) is 37.3 Å². The summed E-state index contributed by atoms with van der Waals surface area (Å²) in [6.45, 7) is 3.14. The fourth-order valence-corrected chi connectivity index (χ4v) is 1.90. The zero-order valence-corrected chi connectivity index (χ0v) is 10.5. The molecule has 1 rings (SSSR count). The van der Waals surface area contributed by atoms with Gasteiger partial charge >= 0.3 is 5.97 Å². The van der Waals surface area contributed by atoms with Crippen LogP contribution in [0.2, 0.25) is 0 Å². The quantitative estimate of drug-likeness (QED) is 0.802. The van der Waals surface area contributed by atoms with Gasteiger partial charge in [-0.3, -0.25) is 9.69 Å². The van der Waals surface area contributed by atoms with Crippen LogP contribution >= 0.6 is 0 Å². The van der Waals surface area contributed by atoms with E-state index < -0.39 is 5.97 Å². The first-order valence-corrected chi connectivity index (χ1v) is 6.09. The molecule has 18 heavy (non-hydrogen) atoms.